The topological polar surface area (TPSA) is 37.8 Å². The van der Waals surface area contributed by atoms with Gasteiger partial charge in [-0.3, -0.25) is 0 Å². The van der Waals surface area contributed by atoms with Crippen LogP contribution in [0.25, 0.3) is 0 Å². The number of aryl methyl sites for hydroxylation is 1. The maximum Gasteiger partial charge on any atom is 0.134 e. The summed E-state index contributed by atoms with van der Waals surface area (Å²) in [4.78, 5) is 8.60. The fraction of sp³-hybridized carbons (Fsp3) is 0.692. The molecule has 2 rings (SSSR count). The zero-order valence-corrected chi connectivity index (χ0v) is 11.3. The molecule has 0 radical (unpaired) electrons. The van der Waals surface area contributed by atoms with Gasteiger partial charge >= 0.3 is 0 Å². The van der Waals surface area contributed by atoms with E-state index in [-0.39, 0.29) is 0 Å². The lowest BCUT2D eigenvalue weighted by Gasteiger charge is -2.15. The van der Waals surface area contributed by atoms with Gasteiger partial charge in [-0.1, -0.05) is 31.9 Å². The van der Waals surface area contributed by atoms with Crippen LogP contribution in [0.1, 0.15) is 45.4 Å². The number of nitrogens with one attached hydrogen (secondary N) is 1. The van der Waals surface area contributed by atoms with Crippen molar-refractivity contribution in [1.29, 1.82) is 0 Å². The van der Waals surface area contributed by atoms with E-state index in [1.807, 2.05) is 13.0 Å². The maximum absolute atomic E-state index is 5.96. The number of nitrogens with zero attached hydrogens (tertiary/aromatic N) is 2. The number of anilines is 1. The van der Waals surface area contributed by atoms with Crippen LogP contribution >= 0.6 is 11.6 Å². The Hall–Kier alpha value is -0.830. The van der Waals surface area contributed by atoms with Crippen LogP contribution < -0.4 is 5.32 Å². The summed E-state index contributed by atoms with van der Waals surface area (Å²) in [5.41, 5.74) is 0.526. The van der Waals surface area contributed by atoms with Gasteiger partial charge in [-0.15, -0.1) is 0 Å². The average Bonchev–Trinajstić information content (AvgIpc) is 3.07. The third kappa shape index (κ3) is 3.32. The first-order valence-corrected chi connectivity index (χ1v) is 6.82. The second-order valence-corrected chi connectivity index (χ2v) is 5.34. The highest BCUT2D eigenvalue weighted by molar-refractivity contribution is 6.29. The van der Waals surface area contributed by atoms with E-state index < -0.39 is 0 Å². The molecule has 1 heterocycles. The van der Waals surface area contributed by atoms with Crippen molar-refractivity contribution in [3.63, 3.8) is 0 Å². The van der Waals surface area contributed by atoms with Crippen molar-refractivity contribution in [1.82, 2.24) is 9.97 Å². The molecule has 1 aliphatic rings. The molecule has 1 aromatic heterocycles. The van der Waals surface area contributed by atoms with Crippen LogP contribution in [0.5, 0.6) is 0 Å². The van der Waals surface area contributed by atoms with Crippen molar-refractivity contribution in [2.75, 3.05) is 11.9 Å². The van der Waals surface area contributed by atoms with Gasteiger partial charge in [-0.05, 0) is 24.7 Å². The molecule has 17 heavy (non-hydrogen) atoms. The van der Waals surface area contributed by atoms with E-state index in [9.17, 15) is 0 Å². The summed E-state index contributed by atoms with van der Waals surface area (Å²) in [6, 6.07) is 1.81. The second-order valence-electron chi connectivity index (χ2n) is 4.95. The fourth-order valence-corrected chi connectivity index (χ4v) is 2.41. The normalized spacial score (nSPS) is 16.9. The van der Waals surface area contributed by atoms with Gasteiger partial charge in [0, 0.05) is 19.0 Å². The van der Waals surface area contributed by atoms with Crippen LogP contribution in [-0.4, -0.2) is 16.5 Å². The smallest absolute Gasteiger partial charge is 0.134 e. The minimum Gasteiger partial charge on any atom is -0.369 e. The molecular weight excluding hydrogens is 234 g/mol. The van der Waals surface area contributed by atoms with Crippen LogP contribution in [0.2, 0.25) is 5.15 Å². The van der Waals surface area contributed by atoms with Gasteiger partial charge < -0.3 is 5.32 Å². The van der Waals surface area contributed by atoms with E-state index in [1.165, 1.54) is 25.7 Å². The van der Waals surface area contributed by atoms with Crippen molar-refractivity contribution in [2.24, 2.45) is 5.41 Å². The minimum atomic E-state index is 0.526. The van der Waals surface area contributed by atoms with Gasteiger partial charge in [0.15, 0.2) is 0 Å². The Kier molecular flexibility index (Phi) is 3.87. The van der Waals surface area contributed by atoms with Gasteiger partial charge in [0.2, 0.25) is 0 Å². The first-order valence-electron chi connectivity index (χ1n) is 6.45. The van der Waals surface area contributed by atoms with E-state index in [0.29, 0.717) is 10.6 Å². The third-order valence-corrected chi connectivity index (χ3v) is 3.63. The molecule has 1 saturated carbocycles. The number of hydrogen-bond acceptors (Lipinski definition) is 3. The summed E-state index contributed by atoms with van der Waals surface area (Å²) in [6.07, 6.45) is 6.06. The first-order chi connectivity index (χ1) is 8.17. The molecule has 0 aliphatic heterocycles. The molecule has 0 unspecified atom stereocenters. The van der Waals surface area contributed by atoms with Gasteiger partial charge in [0.1, 0.15) is 16.8 Å². The molecular formula is C13H20ClN3. The molecule has 0 aromatic carbocycles. The van der Waals surface area contributed by atoms with Crippen molar-refractivity contribution in [3.8, 4) is 0 Å². The second kappa shape index (κ2) is 5.21. The summed E-state index contributed by atoms with van der Waals surface area (Å²) in [5.74, 6) is 1.67. The highest BCUT2D eigenvalue weighted by Gasteiger charge is 2.41. The third-order valence-electron chi connectivity index (χ3n) is 3.44. The molecule has 0 amide bonds. The Morgan fingerprint density at radius 3 is 2.71 bits per heavy atom. The van der Waals surface area contributed by atoms with Gasteiger partial charge in [-0.2, -0.15) is 0 Å². The Balaban J connectivity index is 1.97. The van der Waals surface area contributed by atoms with E-state index in [0.717, 1.165) is 24.6 Å². The molecule has 3 nitrogen and oxygen atoms in total. The summed E-state index contributed by atoms with van der Waals surface area (Å²) < 4.78 is 0. The lowest BCUT2D eigenvalue weighted by atomic mass is 10.0. The largest absolute Gasteiger partial charge is 0.369 e. The van der Waals surface area contributed by atoms with Crippen molar-refractivity contribution in [3.05, 3.63) is 17.0 Å². The molecule has 0 bridgehead atoms. The molecule has 1 N–H and O–H groups in total. The van der Waals surface area contributed by atoms with Gasteiger partial charge in [0.05, 0.1) is 0 Å². The summed E-state index contributed by atoms with van der Waals surface area (Å²) in [7, 11) is 0. The molecule has 4 heteroatoms. The van der Waals surface area contributed by atoms with Crippen molar-refractivity contribution in [2.45, 2.75) is 46.0 Å². The van der Waals surface area contributed by atoms with Crippen LogP contribution in [-0.2, 0) is 6.42 Å². The fourth-order valence-electron chi connectivity index (χ4n) is 2.21. The Labute approximate surface area is 108 Å². The molecule has 1 fully saturated rings. The average molecular weight is 254 g/mol. The monoisotopic (exact) mass is 253 g/mol. The molecule has 0 atom stereocenters. The van der Waals surface area contributed by atoms with Crippen molar-refractivity contribution >= 4 is 17.4 Å². The van der Waals surface area contributed by atoms with E-state index in [4.69, 9.17) is 11.6 Å². The Morgan fingerprint density at radius 2 is 2.12 bits per heavy atom. The predicted octanol–water partition coefficient (Wildman–Crippen LogP) is 3.68. The highest BCUT2D eigenvalue weighted by atomic mass is 35.5. The van der Waals surface area contributed by atoms with Crippen LogP contribution in [0.15, 0.2) is 6.07 Å². The zero-order chi connectivity index (χ0) is 12.3. The predicted molar refractivity (Wildman–Crippen MR) is 71.5 cm³/mol. The number of aromatic nitrogens is 2. The van der Waals surface area contributed by atoms with Crippen LogP contribution in [0.4, 0.5) is 5.82 Å². The zero-order valence-electron chi connectivity index (χ0n) is 10.6. The van der Waals surface area contributed by atoms with Crippen molar-refractivity contribution < 1.29 is 0 Å². The quantitative estimate of drug-likeness (QED) is 0.786. The van der Waals surface area contributed by atoms with E-state index in [1.54, 1.807) is 0 Å². The highest BCUT2D eigenvalue weighted by Crippen LogP contribution is 2.49. The lowest BCUT2D eigenvalue weighted by Crippen LogP contribution is -2.16. The SMILES string of the molecule is CCCC1(CNc2cc(Cl)nc(CC)n2)CC1. The molecule has 0 spiro atoms. The first kappa shape index (κ1) is 12.6. The molecule has 1 aliphatic carbocycles. The van der Waals surface area contributed by atoms with Crippen LogP contribution in [0, 0.1) is 5.41 Å². The lowest BCUT2D eigenvalue weighted by molar-refractivity contribution is 0.485. The number of halogens is 1. The van der Waals surface area contributed by atoms with Gasteiger partial charge in [0.25, 0.3) is 0 Å². The molecule has 94 valence electrons. The maximum atomic E-state index is 5.96. The Bertz CT molecular complexity index is 388. The standard InChI is InChI=1S/C13H20ClN3/c1-3-5-13(6-7-13)9-15-12-8-10(14)16-11(4-2)17-12/h8H,3-7,9H2,1-2H3,(H,15,16,17). The summed E-state index contributed by atoms with van der Waals surface area (Å²) in [6.45, 7) is 5.29. The molecule has 0 saturated heterocycles. The Morgan fingerprint density at radius 1 is 1.35 bits per heavy atom. The van der Waals surface area contributed by atoms with E-state index in [2.05, 4.69) is 22.2 Å². The molecule has 1 aromatic rings. The van der Waals surface area contributed by atoms with Crippen LogP contribution in [0.3, 0.4) is 0 Å². The summed E-state index contributed by atoms with van der Waals surface area (Å²) >= 11 is 5.96. The van der Waals surface area contributed by atoms with Gasteiger partial charge in [-0.25, -0.2) is 9.97 Å². The van der Waals surface area contributed by atoms with E-state index >= 15 is 0 Å². The number of hydrogen-bond donors (Lipinski definition) is 1. The minimum absolute atomic E-state index is 0.526. The number of rotatable bonds is 6. The summed E-state index contributed by atoms with van der Waals surface area (Å²) in [5, 5.41) is 3.94.